The van der Waals surface area contributed by atoms with E-state index >= 15 is 0 Å². The SMILES string of the molecule is COc1ccc(-c2coc3cc(OCC=C(C)C)cc(O)c3c2=O)cc1OC. The monoisotopic (exact) mass is 382 g/mol. The minimum atomic E-state index is -0.346. The molecule has 6 heteroatoms. The molecular formula is C22H22O6. The predicted molar refractivity (Wildman–Crippen MR) is 108 cm³/mol. The molecule has 0 aliphatic rings. The first kappa shape index (κ1) is 19.4. The van der Waals surface area contributed by atoms with E-state index in [0.717, 1.165) is 5.57 Å². The Balaban J connectivity index is 2.05. The third-order valence-electron chi connectivity index (χ3n) is 4.27. The summed E-state index contributed by atoms with van der Waals surface area (Å²) in [6.07, 6.45) is 3.28. The van der Waals surface area contributed by atoms with Crippen LogP contribution in [0.15, 0.2) is 57.5 Å². The first-order valence-electron chi connectivity index (χ1n) is 8.71. The normalized spacial score (nSPS) is 10.6. The molecular weight excluding hydrogens is 360 g/mol. The number of allylic oxidation sites excluding steroid dienone is 1. The molecule has 0 atom stereocenters. The fourth-order valence-electron chi connectivity index (χ4n) is 2.80. The lowest BCUT2D eigenvalue weighted by Crippen LogP contribution is -2.06. The van der Waals surface area contributed by atoms with E-state index in [9.17, 15) is 9.90 Å². The van der Waals surface area contributed by atoms with Crippen LogP contribution in [0.5, 0.6) is 23.0 Å². The molecule has 0 aliphatic carbocycles. The van der Waals surface area contributed by atoms with Gasteiger partial charge in [0.05, 0.1) is 19.8 Å². The van der Waals surface area contributed by atoms with Gasteiger partial charge in [0.1, 0.15) is 35.3 Å². The van der Waals surface area contributed by atoms with E-state index in [1.165, 1.54) is 26.5 Å². The Kier molecular flexibility index (Phi) is 5.59. The number of phenolic OH excluding ortho intramolecular Hbond substituents is 1. The molecule has 0 amide bonds. The summed E-state index contributed by atoms with van der Waals surface area (Å²) in [7, 11) is 3.06. The van der Waals surface area contributed by atoms with Gasteiger partial charge in [-0.3, -0.25) is 4.79 Å². The summed E-state index contributed by atoms with van der Waals surface area (Å²) in [5, 5.41) is 10.5. The van der Waals surface area contributed by atoms with Gasteiger partial charge in [0, 0.05) is 12.1 Å². The molecule has 3 aromatic rings. The number of hydrogen-bond donors (Lipinski definition) is 1. The average molecular weight is 382 g/mol. The largest absolute Gasteiger partial charge is 0.507 e. The Labute approximate surface area is 162 Å². The van der Waals surface area contributed by atoms with Gasteiger partial charge in [0.25, 0.3) is 0 Å². The van der Waals surface area contributed by atoms with Crippen molar-refractivity contribution in [2.45, 2.75) is 13.8 Å². The standard InChI is InChI=1S/C22H22O6/c1-13(2)7-8-27-15-10-17(23)21-20(11-15)28-12-16(22(21)24)14-5-6-18(25-3)19(9-14)26-4/h5-7,9-12,23H,8H2,1-4H3. The van der Waals surface area contributed by atoms with Crippen LogP contribution < -0.4 is 19.6 Å². The lowest BCUT2D eigenvalue weighted by Gasteiger charge is -2.10. The van der Waals surface area contributed by atoms with E-state index in [-0.39, 0.29) is 22.1 Å². The minimum absolute atomic E-state index is 0.0989. The average Bonchev–Trinajstić information content (AvgIpc) is 2.67. The van der Waals surface area contributed by atoms with Crippen LogP contribution >= 0.6 is 0 Å². The third kappa shape index (κ3) is 3.81. The highest BCUT2D eigenvalue weighted by Crippen LogP contribution is 2.34. The Morgan fingerprint density at radius 3 is 2.54 bits per heavy atom. The molecule has 0 fully saturated rings. The van der Waals surface area contributed by atoms with Crippen molar-refractivity contribution in [1.82, 2.24) is 0 Å². The van der Waals surface area contributed by atoms with Crippen LogP contribution in [0.3, 0.4) is 0 Å². The zero-order chi connectivity index (χ0) is 20.3. The predicted octanol–water partition coefficient (Wildman–Crippen LogP) is 4.53. The van der Waals surface area contributed by atoms with Crippen molar-refractivity contribution in [3.8, 4) is 34.1 Å². The molecule has 0 unspecified atom stereocenters. The highest BCUT2D eigenvalue weighted by atomic mass is 16.5. The maximum Gasteiger partial charge on any atom is 0.204 e. The highest BCUT2D eigenvalue weighted by molar-refractivity contribution is 5.88. The summed E-state index contributed by atoms with van der Waals surface area (Å²) in [4.78, 5) is 13.0. The van der Waals surface area contributed by atoms with Gasteiger partial charge in [-0.1, -0.05) is 11.6 Å². The van der Waals surface area contributed by atoms with E-state index in [1.807, 2.05) is 19.9 Å². The molecule has 0 saturated heterocycles. The molecule has 0 bridgehead atoms. The maximum atomic E-state index is 13.0. The smallest absolute Gasteiger partial charge is 0.204 e. The Bertz CT molecular complexity index is 1090. The molecule has 6 nitrogen and oxygen atoms in total. The summed E-state index contributed by atoms with van der Waals surface area (Å²) < 4.78 is 21.7. The second kappa shape index (κ2) is 8.08. The maximum absolute atomic E-state index is 13.0. The van der Waals surface area contributed by atoms with Crippen LogP contribution in [0.25, 0.3) is 22.1 Å². The van der Waals surface area contributed by atoms with Crippen molar-refractivity contribution >= 4 is 11.0 Å². The molecule has 1 aromatic heterocycles. The quantitative estimate of drug-likeness (QED) is 0.631. The summed E-state index contributed by atoms with van der Waals surface area (Å²) in [6.45, 7) is 4.30. The minimum Gasteiger partial charge on any atom is -0.507 e. The molecule has 0 aliphatic heterocycles. The molecule has 146 valence electrons. The molecule has 1 heterocycles. The van der Waals surface area contributed by atoms with Gasteiger partial charge in [-0.2, -0.15) is 0 Å². The van der Waals surface area contributed by atoms with Gasteiger partial charge in [-0.25, -0.2) is 0 Å². The number of rotatable bonds is 6. The number of fused-ring (bicyclic) bond motifs is 1. The Morgan fingerprint density at radius 1 is 1.11 bits per heavy atom. The van der Waals surface area contributed by atoms with E-state index < -0.39 is 0 Å². The van der Waals surface area contributed by atoms with Crippen LogP contribution in [0.1, 0.15) is 13.8 Å². The van der Waals surface area contributed by atoms with Crippen molar-refractivity contribution in [2.75, 3.05) is 20.8 Å². The van der Waals surface area contributed by atoms with Crippen molar-refractivity contribution < 1.29 is 23.7 Å². The summed E-state index contributed by atoms with van der Waals surface area (Å²) in [5.74, 6) is 1.27. The molecule has 0 radical (unpaired) electrons. The van der Waals surface area contributed by atoms with Crippen molar-refractivity contribution in [3.63, 3.8) is 0 Å². The van der Waals surface area contributed by atoms with Crippen molar-refractivity contribution in [2.24, 2.45) is 0 Å². The van der Waals surface area contributed by atoms with Gasteiger partial charge in [-0.15, -0.1) is 0 Å². The first-order chi connectivity index (χ1) is 13.4. The summed E-state index contributed by atoms with van der Waals surface area (Å²) >= 11 is 0. The molecule has 0 saturated carbocycles. The zero-order valence-corrected chi connectivity index (χ0v) is 16.2. The number of ether oxygens (including phenoxy) is 3. The van der Waals surface area contributed by atoms with Crippen LogP contribution in [-0.4, -0.2) is 25.9 Å². The summed E-state index contributed by atoms with van der Waals surface area (Å²) in [6, 6.07) is 8.13. The van der Waals surface area contributed by atoms with E-state index in [2.05, 4.69) is 0 Å². The number of methoxy groups -OCH3 is 2. The molecule has 2 aromatic carbocycles. The van der Waals surface area contributed by atoms with E-state index in [1.54, 1.807) is 24.3 Å². The highest BCUT2D eigenvalue weighted by Gasteiger charge is 2.16. The Hall–Kier alpha value is -3.41. The first-order valence-corrected chi connectivity index (χ1v) is 8.71. The summed E-state index contributed by atoms with van der Waals surface area (Å²) in [5.41, 5.74) is 1.93. The lowest BCUT2D eigenvalue weighted by molar-refractivity contribution is 0.355. The van der Waals surface area contributed by atoms with E-state index in [4.69, 9.17) is 18.6 Å². The number of aromatic hydroxyl groups is 1. The second-order valence-electron chi connectivity index (χ2n) is 6.46. The fraction of sp³-hybridized carbons (Fsp3) is 0.227. The molecule has 1 N–H and O–H groups in total. The molecule has 0 spiro atoms. The van der Waals surface area contributed by atoms with Gasteiger partial charge in [0.15, 0.2) is 11.5 Å². The van der Waals surface area contributed by atoms with Gasteiger partial charge in [0.2, 0.25) is 5.43 Å². The van der Waals surface area contributed by atoms with Crippen LogP contribution in [0.2, 0.25) is 0 Å². The van der Waals surface area contributed by atoms with Crippen molar-refractivity contribution in [3.05, 3.63) is 58.5 Å². The molecule has 28 heavy (non-hydrogen) atoms. The van der Waals surface area contributed by atoms with Crippen LogP contribution in [0, 0.1) is 0 Å². The van der Waals surface area contributed by atoms with Gasteiger partial charge < -0.3 is 23.7 Å². The third-order valence-corrected chi connectivity index (χ3v) is 4.27. The second-order valence-corrected chi connectivity index (χ2v) is 6.46. The van der Waals surface area contributed by atoms with E-state index in [0.29, 0.717) is 35.0 Å². The topological polar surface area (TPSA) is 78.1 Å². The van der Waals surface area contributed by atoms with Gasteiger partial charge in [-0.05, 0) is 37.6 Å². The number of hydrogen-bond acceptors (Lipinski definition) is 6. The zero-order valence-electron chi connectivity index (χ0n) is 16.2. The fourth-order valence-corrected chi connectivity index (χ4v) is 2.80. The van der Waals surface area contributed by atoms with Crippen LogP contribution in [0.4, 0.5) is 0 Å². The molecule has 3 rings (SSSR count). The number of benzene rings is 2. The Morgan fingerprint density at radius 2 is 1.86 bits per heavy atom. The lowest BCUT2D eigenvalue weighted by atomic mass is 10.0. The van der Waals surface area contributed by atoms with Crippen molar-refractivity contribution in [1.29, 1.82) is 0 Å². The van der Waals surface area contributed by atoms with Crippen LogP contribution in [-0.2, 0) is 0 Å². The van der Waals surface area contributed by atoms with Gasteiger partial charge >= 0.3 is 0 Å². The number of phenols is 1.